The highest BCUT2D eigenvalue weighted by atomic mass is 32.2. The van der Waals surface area contributed by atoms with E-state index in [-0.39, 0.29) is 12.0 Å². The zero-order valence-corrected chi connectivity index (χ0v) is 14.0. The van der Waals surface area contributed by atoms with Crippen LogP contribution in [-0.2, 0) is 16.1 Å². The third kappa shape index (κ3) is 3.71. The first-order valence-electron chi connectivity index (χ1n) is 7.12. The molecule has 0 amide bonds. The van der Waals surface area contributed by atoms with Crippen LogP contribution in [0.4, 0.5) is 0 Å². The maximum absolute atomic E-state index is 11.6. The van der Waals surface area contributed by atoms with Gasteiger partial charge in [0.25, 0.3) is 0 Å². The van der Waals surface area contributed by atoms with Gasteiger partial charge in [-0.25, -0.2) is 4.98 Å². The molecule has 7 heteroatoms. The lowest BCUT2D eigenvalue weighted by atomic mass is 10.2. The van der Waals surface area contributed by atoms with Crippen molar-refractivity contribution in [3.63, 3.8) is 0 Å². The van der Waals surface area contributed by atoms with Gasteiger partial charge in [0.2, 0.25) is 0 Å². The van der Waals surface area contributed by atoms with Gasteiger partial charge in [-0.1, -0.05) is 0 Å². The summed E-state index contributed by atoms with van der Waals surface area (Å²) >= 11 is 3.51. The van der Waals surface area contributed by atoms with E-state index in [9.17, 15) is 4.79 Å². The van der Waals surface area contributed by atoms with Crippen molar-refractivity contribution in [3.05, 3.63) is 29.7 Å². The van der Waals surface area contributed by atoms with Crippen LogP contribution in [0, 0.1) is 0 Å². The summed E-state index contributed by atoms with van der Waals surface area (Å²) in [5.41, 5.74) is 2.06. The number of esters is 1. The summed E-state index contributed by atoms with van der Waals surface area (Å²) in [6.45, 7) is 1.75. The molecule has 5 nitrogen and oxygen atoms in total. The standard InChI is InChI=1S/C15H18N2O3S2/c1-19-14(18)6-13-10-21-5-3-17(13)7-12-9-22-15(16-12)11-2-4-20-8-11/h2,4,8-9,13H,3,5-7,10H2,1H3/t13-/m0/s1. The second kappa shape index (κ2) is 7.30. The number of carbonyl (C=O) groups is 1. The minimum atomic E-state index is -0.144. The van der Waals surface area contributed by atoms with Crippen LogP contribution in [-0.4, -0.2) is 47.1 Å². The number of ether oxygens (including phenoxy) is 1. The fourth-order valence-electron chi connectivity index (χ4n) is 2.47. The smallest absolute Gasteiger partial charge is 0.307 e. The number of thioether (sulfide) groups is 1. The van der Waals surface area contributed by atoms with E-state index in [0.29, 0.717) is 6.42 Å². The topological polar surface area (TPSA) is 55.6 Å². The maximum Gasteiger partial charge on any atom is 0.307 e. The molecule has 0 saturated carbocycles. The summed E-state index contributed by atoms with van der Waals surface area (Å²) < 4.78 is 9.91. The number of furan rings is 1. The van der Waals surface area contributed by atoms with Crippen molar-refractivity contribution in [3.8, 4) is 10.6 Å². The number of rotatable bonds is 5. The SMILES string of the molecule is COC(=O)C[C@H]1CSCCN1Cc1csc(-c2ccoc2)n1. The first kappa shape index (κ1) is 15.6. The Bertz CT molecular complexity index is 612. The van der Waals surface area contributed by atoms with E-state index >= 15 is 0 Å². The molecule has 118 valence electrons. The van der Waals surface area contributed by atoms with Crippen LogP contribution in [0.15, 0.2) is 28.4 Å². The predicted octanol–water partition coefficient (Wildman–Crippen LogP) is 2.88. The fraction of sp³-hybridized carbons (Fsp3) is 0.467. The Morgan fingerprint density at radius 1 is 1.59 bits per heavy atom. The van der Waals surface area contributed by atoms with E-state index in [0.717, 1.165) is 40.9 Å². The monoisotopic (exact) mass is 338 g/mol. The number of aromatic nitrogens is 1. The summed E-state index contributed by atoms with van der Waals surface area (Å²) in [5.74, 6) is 1.92. The van der Waals surface area contributed by atoms with Crippen LogP contribution >= 0.6 is 23.1 Å². The van der Waals surface area contributed by atoms with E-state index in [1.54, 1.807) is 23.9 Å². The molecule has 1 aliphatic rings. The number of nitrogens with zero attached hydrogens (tertiary/aromatic N) is 2. The van der Waals surface area contributed by atoms with Crippen molar-refractivity contribution in [2.75, 3.05) is 25.2 Å². The van der Waals surface area contributed by atoms with Crippen molar-refractivity contribution in [1.82, 2.24) is 9.88 Å². The predicted molar refractivity (Wildman–Crippen MR) is 88.0 cm³/mol. The molecule has 2 aromatic rings. The normalized spacial score (nSPS) is 19.2. The lowest BCUT2D eigenvalue weighted by Gasteiger charge is -2.34. The van der Waals surface area contributed by atoms with Crippen molar-refractivity contribution in [1.29, 1.82) is 0 Å². The molecule has 0 aromatic carbocycles. The van der Waals surface area contributed by atoms with Crippen LogP contribution in [0.2, 0.25) is 0 Å². The highest BCUT2D eigenvalue weighted by Crippen LogP contribution is 2.26. The molecule has 1 saturated heterocycles. The third-order valence-corrected chi connectivity index (χ3v) is 5.70. The molecule has 3 rings (SSSR count). The average molecular weight is 338 g/mol. The largest absolute Gasteiger partial charge is 0.472 e. The molecular formula is C15H18N2O3S2. The van der Waals surface area contributed by atoms with Gasteiger partial charge < -0.3 is 9.15 Å². The first-order chi connectivity index (χ1) is 10.8. The number of methoxy groups -OCH3 is 1. The lowest BCUT2D eigenvalue weighted by molar-refractivity contribution is -0.141. The van der Waals surface area contributed by atoms with Gasteiger partial charge in [0.15, 0.2) is 0 Å². The lowest BCUT2D eigenvalue weighted by Crippen LogP contribution is -2.43. The Morgan fingerprint density at radius 3 is 3.27 bits per heavy atom. The Hall–Kier alpha value is -1.31. The van der Waals surface area contributed by atoms with Crippen molar-refractivity contribution < 1.29 is 13.9 Å². The Balaban J connectivity index is 1.66. The molecule has 1 aliphatic heterocycles. The first-order valence-corrected chi connectivity index (χ1v) is 9.15. The summed E-state index contributed by atoms with van der Waals surface area (Å²) in [5, 5.41) is 3.05. The van der Waals surface area contributed by atoms with Gasteiger partial charge in [-0.15, -0.1) is 11.3 Å². The molecule has 0 N–H and O–H groups in total. The van der Waals surface area contributed by atoms with Gasteiger partial charge in [0.05, 0.1) is 25.5 Å². The molecule has 22 heavy (non-hydrogen) atoms. The van der Waals surface area contributed by atoms with Crippen LogP contribution < -0.4 is 0 Å². The highest BCUT2D eigenvalue weighted by Gasteiger charge is 2.26. The van der Waals surface area contributed by atoms with E-state index in [2.05, 4.69) is 15.3 Å². The fourth-order valence-corrected chi connectivity index (χ4v) is 4.40. The highest BCUT2D eigenvalue weighted by molar-refractivity contribution is 7.99. The summed E-state index contributed by atoms with van der Waals surface area (Å²) in [7, 11) is 1.44. The zero-order valence-electron chi connectivity index (χ0n) is 12.4. The third-order valence-electron chi connectivity index (χ3n) is 3.66. The Morgan fingerprint density at radius 2 is 2.50 bits per heavy atom. The number of thiazole rings is 1. The number of hydrogen-bond donors (Lipinski definition) is 0. The van der Waals surface area contributed by atoms with Gasteiger partial charge in [0.1, 0.15) is 11.3 Å². The van der Waals surface area contributed by atoms with Crippen LogP contribution in [0.1, 0.15) is 12.1 Å². The minimum Gasteiger partial charge on any atom is -0.472 e. The molecular weight excluding hydrogens is 320 g/mol. The quantitative estimate of drug-likeness (QED) is 0.782. The van der Waals surface area contributed by atoms with Crippen LogP contribution in [0.3, 0.4) is 0 Å². The number of carbonyl (C=O) groups excluding carboxylic acids is 1. The van der Waals surface area contributed by atoms with E-state index in [1.165, 1.54) is 7.11 Å². The summed E-state index contributed by atoms with van der Waals surface area (Å²) in [6, 6.07) is 2.14. The van der Waals surface area contributed by atoms with Gasteiger partial charge >= 0.3 is 5.97 Å². The molecule has 0 radical (unpaired) electrons. The Kier molecular flexibility index (Phi) is 5.17. The van der Waals surface area contributed by atoms with Gasteiger partial charge in [-0.05, 0) is 6.07 Å². The van der Waals surface area contributed by atoms with Gasteiger partial charge in [-0.2, -0.15) is 11.8 Å². The zero-order chi connectivity index (χ0) is 15.4. The van der Waals surface area contributed by atoms with Gasteiger partial charge in [0, 0.05) is 41.6 Å². The van der Waals surface area contributed by atoms with Crippen molar-refractivity contribution >= 4 is 29.1 Å². The maximum atomic E-state index is 11.6. The van der Waals surface area contributed by atoms with Gasteiger partial charge in [-0.3, -0.25) is 9.69 Å². The van der Waals surface area contributed by atoms with Crippen LogP contribution in [0.25, 0.3) is 10.6 Å². The molecule has 0 aliphatic carbocycles. The Labute approximate surface area is 137 Å². The van der Waals surface area contributed by atoms with Crippen molar-refractivity contribution in [2.24, 2.45) is 0 Å². The van der Waals surface area contributed by atoms with E-state index < -0.39 is 0 Å². The van der Waals surface area contributed by atoms with Crippen LogP contribution in [0.5, 0.6) is 0 Å². The average Bonchev–Trinajstić information content (AvgIpc) is 3.20. The summed E-state index contributed by atoms with van der Waals surface area (Å²) in [6.07, 6.45) is 3.81. The minimum absolute atomic E-state index is 0.144. The second-order valence-corrected chi connectivity index (χ2v) is 7.14. The molecule has 3 heterocycles. The molecule has 1 fully saturated rings. The number of hydrogen-bond acceptors (Lipinski definition) is 7. The molecule has 0 spiro atoms. The van der Waals surface area contributed by atoms with E-state index in [4.69, 9.17) is 9.15 Å². The molecule has 2 aromatic heterocycles. The molecule has 0 unspecified atom stereocenters. The van der Waals surface area contributed by atoms with E-state index in [1.807, 2.05) is 17.8 Å². The second-order valence-electron chi connectivity index (χ2n) is 5.14. The molecule has 1 atom stereocenters. The summed E-state index contributed by atoms with van der Waals surface area (Å²) in [4.78, 5) is 18.6. The van der Waals surface area contributed by atoms with Crippen molar-refractivity contribution in [2.45, 2.75) is 19.0 Å². The molecule has 0 bridgehead atoms.